The van der Waals surface area contributed by atoms with Crippen LogP contribution in [0, 0.1) is 0 Å². The summed E-state index contributed by atoms with van der Waals surface area (Å²) in [5.74, 6) is -0.725. The third kappa shape index (κ3) is 4.51. The molecule has 0 aliphatic rings. The first kappa shape index (κ1) is 15.9. The van der Waals surface area contributed by atoms with Crippen molar-refractivity contribution in [3.8, 4) is 0 Å². The van der Waals surface area contributed by atoms with Gasteiger partial charge in [-0.25, -0.2) is 0 Å². The molecule has 0 heterocycles. The lowest BCUT2D eigenvalue weighted by molar-refractivity contribution is -0.143. The quantitative estimate of drug-likeness (QED) is 0.604. The van der Waals surface area contributed by atoms with Crippen LogP contribution < -0.4 is 0 Å². The first-order valence-electron chi connectivity index (χ1n) is 6.38. The highest BCUT2D eigenvalue weighted by molar-refractivity contribution is 5.96. The summed E-state index contributed by atoms with van der Waals surface area (Å²) < 4.78 is 4.84. The molecule has 1 amide bonds. The van der Waals surface area contributed by atoms with Crippen LogP contribution in [-0.2, 0) is 16.1 Å². The number of esters is 1. The SMILES string of the molecule is C=CCN(CC(=O)OCC)C(=O)c1ccc(CO)cc1. The molecule has 0 saturated carbocycles. The number of rotatable bonds is 7. The third-order valence-electron chi connectivity index (χ3n) is 2.65. The van der Waals surface area contributed by atoms with Gasteiger partial charge in [-0.15, -0.1) is 6.58 Å². The monoisotopic (exact) mass is 277 g/mol. The van der Waals surface area contributed by atoms with Crippen LogP contribution in [0.15, 0.2) is 36.9 Å². The van der Waals surface area contributed by atoms with Crippen molar-refractivity contribution in [3.05, 3.63) is 48.0 Å². The largest absolute Gasteiger partial charge is 0.465 e. The minimum absolute atomic E-state index is 0.0757. The maximum atomic E-state index is 12.3. The van der Waals surface area contributed by atoms with Crippen LogP contribution >= 0.6 is 0 Å². The molecule has 1 aromatic rings. The van der Waals surface area contributed by atoms with E-state index in [0.717, 1.165) is 5.56 Å². The van der Waals surface area contributed by atoms with Crippen molar-refractivity contribution >= 4 is 11.9 Å². The fourth-order valence-electron chi connectivity index (χ4n) is 1.67. The van der Waals surface area contributed by atoms with Gasteiger partial charge in [0, 0.05) is 12.1 Å². The molecule has 1 aromatic carbocycles. The second kappa shape index (κ2) is 8.12. The molecule has 0 fully saturated rings. The van der Waals surface area contributed by atoms with Crippen molar-refractivity contribution in [2.75, 3.05) is 19.7 Å². The van der Waals surface area contributed by atoms with Crippen molar-refractivity contribution in [2.24, 2.45) is 0 Å². The molecule has 1 N–H and O–H groups in total. The molecule has 0 spiro atoms. The Bertz CT molecular complexity index is 467. The second-order valence-corrected chi connectivity index (χ2v) is 4.13. The zero-order valence-corrected chi connectivity index (χ0v) is 11.5. The Labute approximate surface area is 118 Å². The summed E-state index contributed by atoms with van der Waals surface area (Å²) in [5.41, 5.74) is 1.18. The van der Waals surface area contributed by atoms with Gasteiger partial charge in [0.25, 0.3) is 5.91 Å². The van der Waals surface area contributed by atoms with E-state index < -0.39 is 5.97 Å². The fourth-order valence-corrected chi connectivity index (χ4v) is 1.67. The highest BCUT2D eigenvalue weighted by Gasteiger charge is 2.18. The fraction of sp³-hybridized carbons (Fsp3) is 0.333. The molecule has 0 aliphatic heterocycles. The smallest absolute Gasteiger partial charge is 0.325 e. The number of hydrogen-bond donors (Lipinski definition) is 1. The molecule has 0 atom stereocenters. The van der Waals surface area contributed by atoms with E-state index in [9.17, 15) is 9.59 Å². The van der Waals surface area contributed by atoms with E-state index in [2.05, 4.69) is 6.58 Å². The number of benzene rings is 1. The van der Waals surface area contributed by atoms with Gasteiger partial charge in [0.15, 0.2) is 0 Å². The van der Waals surface area contributed by atoms with E-state index in [1.807, 2.05) is 0 Å². The number of ether oxygens (including phenoxy) is 1. The molecule has 0 radical (unpaired) electrons. The summed E-state index contributed by atoms with van der Waals surface area (Å²) in [6.45, 7) is 5.65. The summed E-state index contributed by atoms with van der Waals surface area (Å²) in [6, 6.07) is 6.58. The first-order chi connectivity index (χ1) is 9.62. The van der Waals surface area contributed by atoms with Crippen LogP contribution in [0.1, 0.15) is 22.8 Å². The van der Waals surface area contributed by atoms with Gasteiger partial charge in [-0.3, -0.25) is 9.59 Å². The van der Waals surface area contributed by atoms with Crippen LogP contribution in [0.4, 0.5) is 0 Å². The van der Waals surface area contributed by atoms with Gasteiger partial charge in [-0.1, -0.05) is 18.2 Å². The molecule has 0 saturated heterocycles. The van der Waals surface area contributed by atoms with Crippen molar-refractivity contribution in [2.45, 2.75) is 13.5 Å². The zero-order chi connectivity index (χ0) is 15.0. The summed E-state index contributed by atoms with van der Waals surface area (Å²) in [7, 11) is 0. The number of nitrogens with zero attached hydrogens (tertiary/aromatic N) is 1. The first-order valence-corrected chi connectivity index (χ1v) is 6.38. The van der Waals surface area contributed by atoms with Gasteiger partial charge in [0.2, 0.25) is 0 Å². The Kier molecular flexibility index (Phi) is 6.46. The molecular weight excluding hydrogens is 258 g/mol. The van der Waals surface area contributed by atoms with Crippen LogP contribution in [-0.4, -0.2) is 41.6 Å². The van der Waals surface area contributed by atoms with Gasteiger partial charge in [0.1, 0.15) is 6.54 Å². The standard InChI is InChI=1S/C15H19NO4/c1-3-9-16(10-14(18)20-4-2)15(19)13-7-5-12(11-17)6-8-13/h3,5-8,17H,1,4,9-11H2,2H3. The van der Waals surface area contributed by atoms with Crippen molar-refractivity contribution in [3.63, 3.8) is 0 Å². The minimum Gasteiger partial charge on any atom is -0.465 e. The van der Waals surface area contributed by atoms with Crippen LogP contribution in [0.2, 0.25) is 0 Å². The van der Waals surface area contributed by atoms with Gasteiger partial charge in [-0.2, -0.15) is 0 Å². The van der Waals surface area contributed by atoms with Gasteiger partial charge < -0.3 is 14.7 Å². The van der Waals surface area contributed by atoms with E-state index in [0.29, 0.717) is 5.56 Å². The molecule has 5 nitrogen and oxygen atoms in total. The Morgan fingerprint density at radius 3 is 2.50 bits per heavy atom. The molecule has 0 aromatic heterocycles. The van der Waals surface area contributed by atoms with Crippen molar-refractivity contribution < 1.29 is 19.4 Å². The lowest BCUT2D eigenvalue weighted by atomic mass is 10.1. The summed E-state index contributed by atoms with van der Waals surface area (Å²) in [6.07, 6.45) is 1.55. The molecule has 0 bridgehead atoms. The molecule has 0 aliphatic carbocycles. The summed E-state index contributed by atoms with van der Waals surface area (Å²) >= 11 is 0. The lowest BCUT2D eigenvalue weighted by Crippen LogP contribution is -2.36. The van der Waals surface area contributed by atoms with Crippen LogP contribution in [0.25, 0.3) is 0 Å². The summed E-state index contributed by atoms with van der Waals surface area (Å²) in [4.78, 5) is 25.1. The average molecular weight is 277 g/mol. The van der Waals surface area contributed by atoms with Crippen LogP contribution in [0.5, 0.6) is 0 Å². The van der Waals surface area contributed by atoms with E-state index in [1.165, 1.54) is 4.90 Å². The van der Waals surface area contributed by atoms with E-state index in [-0.39, 0.29) is 32.2 Å². The Balaban J connectivity index is 2.81. The summed E-state index contributed by atoms with van der Waals surface area (Å²) in [5, 5.41) is 8.97. The lowest BCUT2D eigenvalue weighted by Gasteiger charge is -2.20. The maximum absolute atomic E-state index is 12.3. The average Bonchev–Trinajstić information content (AvgIpc) is 2.46. The number of hydrogen-bond acceptors (Lipinski definition) is 4. The minimum atomic E-state index is -0.449. The number of carbonyl (C=O) groups is 2. The Morgan fingerprint density at radius 1 is 1.35 bits per heavy atom. The number of carbonyl (C=O) groups excluding carboxylic acids is 2. The number of aliphatic hydroxyl groups is 1. The molecule has 0 unspecified atom stereocenters. The molecule has 1 rings (SSSR count). The molecule has 5 heteroatoms. The number of amides is 1. The highest BCUT2D eigenvalue weighted by Crippen LogP contribution is 2.08. The Hall–Kier alpha value is -2.14. The number of aliphatic hydroxyl groups excluding tert-OH is 1. The predicted molar refractivity (Wildman–Crippen MR) is 75.1 cm³/mol. The normalized spacial score (nSPS) is 9.90. The topological polar surface area (TPSA) is 66.8 Å². The van der Waals surface area contributed by atoms with Crippen molar-refractivity contribution in [1.82, 2.24) is 4.90 Å². The van der Waals surface area contributed by atoms with Crippen molar-refractivity contribution in [1.29, 1.82) is 0 Å². The van der Waals surface area contributed by atoms with Gasteiger partial charge in [0.05, 0.1) is 13.2 Å². The van der Waals surface area contributed by atoms with Gasteiger partial charge in [-0.05, 0) is 24.6 Å². The zero-order valence-electron chi connectivity index (χ0n) is 11.5. The van der Waals surface area contributed by atoms with Crippen LogP contribution in [0.3, 0.4) is 0 Å². The van der Waals surface area contributed by atoms with E-state index in [1.54, 1.807) is 37.3 Å². The molecule has 20 heavy (non-hydrogen) atoms. The second-order valence-electron chi connectivity index (χ2n) is 4.13. The van der Waals surface area contributed by atoms with E-state index in [4.69, 9.17) is 9.84 Å². The highest BCUT2D eigenvalue weighted by atomic mass is 16.5. The molecular formula is C15H19NO4. The maximum Gasteiger partial charge on any atom is 0.325 e. The predicted octanol–water partition coefficient (Wildman–Crippen LogP) is 1.37. The molecule has 108 valence electrons. The Morgan fingerprint density at radius 2 is 2.00 bits per heavy atom. The van der Waals surface area contributed by atoms with E-state index >= 15 is 0 Å². The third-order valence-corrected chi connectivity index (χ3v) is 2.65. The van der Waals surface area contributed by atoms with Gasteiger partial charge >= 0.3 is 5.97 Å².